The summed E-state index contributed by atoms with van der Waals surface area (Å²) >= 11 is 0. The van der Waals surface area contributed by atoms with E-state index in [1.165, 1.54) is 51.4 Å². The van der Waals surface area contributed by atoms with Crippen molar-refractivity contribution in [2.24, 2.45) is 52.8 Å². The zero-order chi connectivity index (χ0) is 33.7. The third-order valence-corrected chi connectivity index (χ3v) is 11.5. The highest BCUT2D eigenvalue weighted by Gasteiger charge is 2.67. The first kappa shape index (κ1) is 39.9. The Morgan fingerprint density at radius 3 is 1.71 bits per heavy atom. The molecule has 262 valence electrons. The number of fused-ring (bicyclic) bond motifs is 2. The molecular formula is C41H76N2O2. The van der Waals surface area contributed by atoms with Crippen molar-refractivity contribution in [1.82, 2.24) is 10.2 Å². The lowest BCUT2D eigenvalue weighted by Gasteiger charge is -2.51. The molecule has 0 aromatic heterocycles. The fraction of sp³-hybridized carbons (Fsp3) is 0.902. The SMILES string of the molecule is CCCCCCNC(=O)C(CC(=O)N(CCCCCC)CCCCCC)C12CC(C(C(C)C)=C1C(C)C)C(C(C)C)C2C(C)C. The topological polar surface area (TPSA) is 49.4 Å². The largest absolute Gasteiger partial charge is 0.356 e. The number of amides is 2. The van der Waals surface area contributed by atoms with Gasteiger partial charge in [-0.15, -0.1) is 0 Å². The first-order valence-corrected chi connectivity index (χ1v) is 19.7. The molecule has 4 heteroatoms. The summed E-state index contributed by atoms with van der Waals surface area (Å²) in [6.45, 7) is 28.2. The molecule has 2 aliphatic carbocycles. The molecule has 5 atom stereocenters. The smallest absolute Gasteiger partial charge is 0.224 e. The van der Waals surface area contributed by atoms with Crippen molar-refractivity contribution in [1.29, 1.82) is 0 Å². The van der Waals surface area contributed by atoms with Crippen LogP contribution in [0.25, 0.3) is 0 Å². The van der Waals surface area contributed by atoms with Crippen LogP contribution in [-0.4, -0.2) is 36.3 Å². The quantitative estimate of drug-likeness (QED) is 0.0904. The fourth-order valence-electron chi connectivity index (χ4n) is 9.91. The van der Waals surface area contributed by atoms with Crippen LogP contribution in [0.5, 0.6) is 0 Å². The van der Waals surface area contributed by atoms with E-state index in [4.69, 9.17) is 0 Å². The maximum atomic E-state index is 14.7. The van der Waals surface area contributed by atoms with Gasteiger partial charge < -0.3 is 10.2 Å². The lowest BCUT2D eigenvalue weighted by molar-refractivity contribution is -0.141. The van der Waals surface area contributed by atoms with E-state index >= 15 is 0 Å². The molecule has 2 bridgehead atoms. The average molecular weight is 629 g/mol. The molecule has 0 spiro atoms. The summed E-state index contributed by atoms with van der Waals surface area (Å²) in [6.07, 6.45) is 15.3. The molecule has 2 aliphatic rings. The van der Waals surface area contributed by atoms with Gasteiger partial charge in [0.15, 0.2) is 0 Å². The number of allylic oxidation sites excluding steroid dienone is 2. The Kier molecular flexibility index (Phi) is 17.3. The van der Waals surface area contributed by atoms with Gasteiger partial charge in [0.25, 0.3) is 0 Å². The first-order valence-electron chi connectivity index (χ1n) is 19.7. The number of nitrogens with zero attached hydrogens (tertiary/aromatic N) is 1. The van der Waals surface area contributed by atoms with Crippen LogP contribution in [0.4, 0.5) is 0 Å². The van der Waals surface area contributed by atoms with Crippen LogP contribution in [0.3, 0.4) is 0 Å². The monoisotopic (exact) mass is 629 g/mol. The molecule has 1 saturated carbocycles. The van der Waals surface area contributed by atoms with E-state index in [-0.39, 0.29) is 23.1 Å². The van der Waals surface area contributed by atoms with Gasteiger partial charge in [0.2, 0.25) is 11.8 Å². The Morgan fingerprint density at radius 1 is 0.733 bits per heavy atom. The highest BCUT2D eigenvalue weighted by molar-refractivity contribution is 5.87. The molecule has 0 aromatic carbocycles. The minimum atomic E-state index is -0.308. The Hall–Kier alpha value is -1.32. The van der Waals surface area contributed by atoms with Gasteiger partial charge in [0.05, 0.1) is 5.92 Å². The van der Waals surface area contributed by atoms with Crippen LogP contribution >= 0.6 is 0 Å². The lowest BCUT2D eigenvalue weighted by Crippen LogP contribution is -2.51. The number of carbonyl (C=O) groups excluding carboxylic acids is 2. The Labute approximate surface area is 280 Å². The molecule has 0 heterocycles. The summed E-state index contributed by atoms with van der Waals surface area (Å²) in [5, 5.41) is 3.44. The van der Waals surface area contributed by atoms with E-state index in [0.717, 1.165) is 51.7 Å². The average Bonchev–Trinajstić information content (AvgIpc) is 3.51. The van der Waals surface area contributed by atoms with Crippen LogP contribution in [0, 0.1) is 52.8 Å². The molecule has 1 fully saturated rings. The second-order valence-corrected chi connectivity index (χ2v) is 16.2. The number of unbranched alkanes of at least 4 members (excludes halogenated alkanes) is 9. The predicted octanol–water partition coefficient (Wildman–Crippen LogP) is 10.9. The van der Waals surface area contributed by atoms with Crippen LogP contribution in [-0.2, 0) is 9.59 Å². The van der Waals surface area contributed by atoms with Crippen molar-refractivity contribution >= 4 is 11.8 Å². The Balaban J connectivity index is 2.62. The molecular weight excluding hydrogens is 552 g/mol. The summed E-state index contributed by atoms with van der Waals surface area (Å²) in [7, 11) is 0. The Bertz CT molecular complexity index is 906. The van der Waals surface area contributed by atoms with E-state index < -0.39 is 0 Å². The minimum absolute atomic E-state index is 0.147. The van der Waals surface area contributed by atoms with Crippen LogP contribution < -0.4 is 5.32 Å². The van der Waals surface area contributed by atoms with Gasteiger partial charge in [-0.3, -0.25) is 9.59 Å². The maximum Gasteiger partial charge on any atom is 0.224 e. The zero-order valence-corrected chi connectivity index (χ0v) is 31.9. The van der Waals surface area contributed by atoms with Gasteiger partial charge in [-0.1, -0.05) is 145 Å². The normalized spacial score (nSPS) is 23.7. The molecule has 0 radical (unpaired) electrons. The van der Waals surface area contributed by atoms with Crippen molar-refractivity contribution in [2.75, 3.05) is 19.6 Å². The molecule has 2 rings (SSSR count). The maximum absolute atomic E-state index is 14.7. The minimum Gasteiger partial charge on any atom is -0.356 e. The first-order chi connectivity index (χ1) is 21.4. The molecule has 0 aromatic rings. The number of rotatable bonds is 23. The standard InChI is InChI=1S/C41H76N2O2/c1-12-15-18-21-24-42-40(45)34(27-35(44)43(25-22-19-16-13-2)26-23-20-17-14-3)41-28-33(36(29(4)5)38(41)31(8)9)37(30(6)7)39(41)32(10)11/h29-34,36,38H,12-28H2,1-11H3,(H,42,45). The van der Waals surface area contributed by atoms with Gasteiger partial charge in [-0.25, -0.2) is 0 Å². The van der Waals surface area contributed by atoms with Gasteiger partial charge in [-0.2, -0.15) is 0 Å². The van der Waals surface area contributed by atoms with Gasteiger partial charge in [0, 0.05) is 31.5 Å². The van der Waals surface area contributed by atoms with Gasteiger partial charge in [-0.05, 0) is 67.1 Å². The highest BCUT2D eigenvalue weighted by Crippen LogP contribution is 2.72. The highest BCUT2D eigenvalue weighted by atomic mass is 16.2. The van der Waals surface area contributed by atoms with Gasteiger partial charge >= 0.3 is 0 Å². The summed E-state index contributed by atoms with van der Waals surface area (Å²) in [4.78, 5) is 31.4. The summed E-state index contributed by atoms with van der Waals surface area (Å²) < 4.78 is 0. The summed E-state index contributed by atoms with van der Waals surface area (Å²) in [6, 6.07) is 0. The molecule has 45 heavy (non-hydrogen) atoms. The van der Waals surface area contributed by atoms with Crippen molar-refractivity contribution in [3.63, 3.8) is 0 Å². The molecule has 2 amide bonds. The third-order valence-electron chi connectivity index (χ3n) is 11.5. The van der Waals surface area contributed by atoms with Crippen molar-refractivity contribution in [2.45, 2.75) is 166 Å². The van der Waals surface area contributed by atoms with Crippen LogP contribution in [0.2, 0.25) is 0 Å². The molecule has 4 nitrogen and oxygen atoms in total. The lowest BCUT2D eigenvalue weighted by atomic mass is 9.53. The third kappa shape index (κ3) is 9.85. The summed E-state index contributed by atoms with van der Waals surface area (Å²) in [5.74, 6) is 3.38. The number of carbonyl (C=O) groups is 2. The molecule has 0 saturated heterocycles. The van der Waals surface area contributed by atoms with E-state index in [9.17, 15) is 9.59 Å². The van der Waals surface area contributed by atoms with Crippen molar-refractivity contribution in [3.05, 3.63) is 11.1 Å². The van der Waals surface area contributed by atoms with Crippen LogP contribution in [0.1, 0.15) is 166 Å². The second-order valence-electron chi connectivity index (χ2n) is 16.2. The predicted molar refractivity (Wildman–Crippen MR) is 194 cm³/mol. The second kappa shape index (κ2) is 19.5. The van der Waals surface area contributed by atoms with E-state index in [1.807, 2.05) is 0 Å². The zero-order valence-electron chi connectivity index (χ0n) is 31.9. The van der Waals surface area contributed by atoms with Crippen molar-refractivity contribution in [3.8, 4) is 0 Å². The van der Waals surface area contributed by atoms with Crippen molar-refractivity contribution < 1.29 is 9.59 Å². The Morgan fingerprint density at radius 2 is 1.27 bits per heavy atom. The number of nitrogens with one attached hydrogen (secondary N) is 1. The van der Waals surface area contributed by atoms with Crippen LogP contribution in [0.15, 0.2) is 11.1 Å². The fourth-order valence-corrected chi connectivity index (χ4v) is 9.91. The van der Waals surface area contributed by atoms with Gasteiger partial charge in [0.1, 0.15) is 0 Å². The number of hydrogen-bond donors (Lipinski definition) is 1. The summed E-state index contributed by atoms with van der Waals surface area (Å²) in [5.41, 5.74) is 2.93. The number of hydrogen-bond acceptors (Lipinski definition) is 2. The molecule has 0 aliphatic heterocycles. The van der Waals surface area contributed by atoms with E-state index in [2.05, 4.69) is 86.4 Å². The van der Waals surface area contributed by atoms with E-state index in [0.29, 0.717) is 47.8 Å². The molecule has 5 unspecified atom stereocenters. The van der Waals surface area contributed by atoms with E-state index in [1.54, 1.807) is 11.1 Å². The molecule has 1 N–H and O–H groups in total.